The molecular formula is C10H10ClF3N2O4S. The molecule has 6 nitrogen and oxygen atoms in total. The standard InChI is InChI=1S/C10H10ClF3N2O4S/c1-6(20-5-10(12,13)14)9(17)16-21(18,19)8-2-7(11)3-15-4-8/h2-4,6H,5H2,1H3,(H,16,17)/t6-/m1/s1. The van der Waals surface area contributed by atoms with Gasteiger partial charge in [0.25, 0.3) is 15.9 Å². The largest absolute Gasteiger partial charge is 0.411 e. The molecule has 1 rings (SSSR count). The molecule has 0 bridgehead atoms. The van der Waals surface area contributed by atoms with Gasteiger partial charge in [-0.3, -0.25) is 9.78 Å². The molecule has 1 heterocycles. The van der Waals surface area contributed by atoms with Gasteiger partial charge in [0.15, 0.2) is 0 Å². The van der Waals surface area contributed by atoms with E-state index in [0.29, 0.717) is 0 Å². The minimum atomic E-state index is -4.62. The van der Waals surface area contributed by atoms with Crippen LogP contribution in [0.15, 0.2) is 23.4 Å². The summed E-state index contributed by atoms with van der Waals surface area (Å²) in [4.78, 5) is 14.6. The molecule has 1 aromatic heterocycles. The summed E-state index contributed by atoms with van der Waals surface area (Å²) in [6.45, 7) is -0.673. The Morgan fingerprint density at radius 1 is 1.48 bits per heavy atom. The van der Waals surface area contributed by atoms with Gasteiger partial charge in [0, 0.05) is 12.4 Å². The number of hydrogen-bond donors (Lipinski definition) is 1. The van der Waals surface area contributed by atoms with E-state index in [0.717, 1.165) is 19.2 Å². The molecule has 0 unspecified atom stereocenters. The molecule has 1 aromatic rings. The van der Waals surface area contributed by atoms with Crippen molar-refractivity contribution in [1.29, 1.82) is 0 Å². The van der Waals surface area contributed by atoms with E-state index in [1.54, 1.807) is 4.72 Å². The predicted octanol–water partition coefficient (Wildman–Crippen LogP) is 1.51. The molecule has 11 heteroatoms. The SMILES string of the molecule is C[C@@H](OCC(F)(F)F)C(=O)NS(=O)(=O)c1cncc(Cl)c1. The molecule has 0 fully saturated rings. The van der Waals surface area contributed by atoms with Crippen molar-refractivity contribution in [3.05, 3.63) is 23.5 Å². The van der Waals surface area contributed by atoms with Gasteiger partial charge in [-0.25, -0.2) is 13.1 Å². The number of alkyl halides is 3. The summed E-state index contributed by atoms with van der Waals surface area (Å²) in [5.41, 5.74) is 0. The summed E-state index contributed by atoms with van der Waals surface area (Å²) in [6.07, 6.45) is -4.11. The van der Waals surface area contributed by atoms with E-state index in [-0.39, 0.29) is 5.02 Å². The Morgan fingerprint density at radius 2 is 2.10 bits per heavy atom. The third-order valence-corrected chi connectivity index (χ3v) is 3.61. The maximum atomic E-state index is 11.9. The van der Waals surface area contributed by atoms with Crippen molar-refractivity contribution in [2.75, 3.05) is 6.61 Å². The highest BCUT2D eigenvalue weighted by Crippen LogP contribution is 2.16. The molecule has 0 saturated carbocycles. The Balaban J connectivity index is 2.73. The number of pyridine rings is 1. The van der Waals surface area contributed by atoms with Crippen LogP contribution in [0.3, 0.4) is 0 Å². The molecule has 0 aromatic carbocycles. The number of rotatable bonds is 5. The normalized spacial score (nSPS) is 13.8. The molecule has 0 spiro atoms. The molecule has 0 aliphatic carbocycles. The van der Waals surface area contributed by atoms with Crippen molar-refractivity contribution in [1.82, 2.24) is 9.71 Å². The van der Waals surface area contributed by atoms with Crippen LogP contribution < -0.4 is 4.72 Å². The first kappa shape index (κ1) is 17.7. The number of ether oxygens (including phenoxy) is 1. The second-order valence-electron chi connectivity index (χ2n) is 3.88. The fraction of sp³-hybridized carbons (Fsp3) is 0.400. The van der Waals surface area contributed by atoms with Crippen molar-refractivity contribution < 1.29 is 31.1 Å². The van der Waals surface area contributed by atoms with Crippen molar-refractivity contribution in [2.45, 2.75) is 24.1 Å². The lowest BCUT2D eigenvalue weighted by Gasteiger charge is -2.14. The van der Waals surface area contributed by atoms with Crippen LogP contribution in [-0.2, 0) is 19.6 Å². The minimum absolute atomic E-state index is 0.0201. The molecular weight excluding hydrogens is 337 g/mol. The Hall–Kier alpha value is -1.39. The third-order valence-electron chi connectivity index (χ3n) is 2.09. The first-order valence-electron chi connectivity index (χ1n) is 5.37. The third kappa shape index (κ3) is 5.86. The molecule has 1 amide bonds. The molecule has 0 aliphatic heterocycles. The van der Waals surface area contributed by atoms with E-state index in [1.165, 1.54) is 6.20 Å². The smallest absolute Gasteiger partial charge is 0.359 e. The second kappa shape index (κ2) is 6.58. The first-order chi connectivity index (χ1) is 9.51. The van der Waals surface area contributed by atoms with Gasteiger partial charge in [-0.2, -0.15) is 13.2 Å². The summed E-state index contributed by atoms with van der Waals surface area (Å²) < 4.78 is 65.2. The first-order valence-corrected chi connectivity index (χ1v) is 7.23. The van der Waals surface area contributed by atoms with Crippen LogP contribution in [0.4, 0.5) is 13.2 Å². The Labute approximate surface area is 123 Å². The Morgan fingerprint density at radius 3 is 2.62 bits per heavy atom. The van der Waals surface area contributed by atoms with E-state index in [1.807, 2.05) is 0 Å². The quantitative estimate of drug-likeness (QED) is 0.873. The number of carbonyl (C=O) groups is 1. The second-order valence-corrected chi connectivity index (χ2v) is 6.00. The highest BCUT2D eigenvalue weighted by atomic mass is 35.5. The number of halogens is 4. The van der Waals surface area contributed by atoms with Crippen molar-refractivity contribution in [3.63, 3.8) is 0 Å². The highest BCUT2D eigenvalue weighted by Gasteiger charge is 2.31. The van der Waals surface area contributed by atoms with Crippen LogP contribution in [0.1, 0.15) is 6.92 Å². The molecule has 21 heavy (non-hydrogen) atoms. The van der Waals surface area contributed by atoms with Crippen LogP contribution >= 0.6 is 11.6 Å². The zero-order chi connectivity index (χ0) is 16.3. The van der Waals surface area contributed by atoms with Crippen LogP contribution in [0.5, 0.6) is 0 Å². The fourth-order valence-electron chi connectivity index (χ4n) is 1.11. The summed E-state index contributed by atoms with van der Waals surface area (Å²) in [5.74, 6) is -1.24. The topological polar surface area (TPSA) is 85.4 Å². The van der Waals surface area contributed by atoms with Crippen LogP contribution in [0.2, 0.25) is 5.02 Å². The summed E-state index contributed by atoms with van der Waals surface area (Å²) in [7, 11) is -4.29. The zero-order valence-electron chi connectivity index (χ0n) is 10.5. The average Bonchev–Trinajstić information content (AvgIpc) is 2.34. The summed E-state index contributed by atoms with van der Waals surface area (Å²) >= 11 is 5.56. The van der Waals surface area contributed by atoms with Crippen molar-refractivity contribution in [3.8, 4) is 0 Å². The van der Waals surface area contributed by atoms with Gasteiger partial charge in [0.1, 0.15) is 17.6 Å². The van der Waals surface area contributed by atoms with Crippen LogP contribution in [0.25, 0.3) is 0 Å². The fourth-order valence-corrected chi connectivity index (χ4v) is 2.38. The lowest BCUT2D eigenvalue weighted by Crippen LogP contribution is -2.39. The van der Waals surface area contributed by atoms with Gasteiger partial charge in [-0.1, -0.05) is 11.6 Å². The maximum absolute atomic E-state index is 11.9. The van der Waals surface area contributed by atoms with Gasteiger partial charge in [-0.05, 0) is 13.0 Å². The number of sulfonamides is 1. The molecule has 118 valence electrons. The number of nitrogens with one attached hydrogen (secondary N) is 1. The van der Waals surface area contributed by atoms with E-state index in [4.69, 9.17) is 11.6 Å². The van der Waals surface area contributed by atoms with Crippen LogP contribution in [-0.4, -0.2) is 38.2 Å². The van der Waals surface area contributed by atoms with Crippen molar-refractivity contribution in [2.24, 2.45) is 0 Å². The van der Waals surface area contributed by atoms with Gasteiger partial charge < -0.3 is 4.74 Å². The monoisotopic (exact) mass is 346 g/mol. The Bertz CT molecular complexity index is 621. The van der Waals surface area contributed by atoms with Crippen molar-refractivity contribution >= 4 is 27.5 Å². The lowest BCUT2D eigenvalue weighted by atomic mass is 10.4. The van der Waals surface area contributed by atoms with E-state index >= 15 is 0 Å². The summed E-state index contributed by atoms with van der Waals surface area (Å²) in [5, 5.41) is 0.0201. The van der Waals surface area contributed by atoms with E-state index in [9.17, 15) is 26.4 Å². The molecule has 1 N–H and O–H groups in total. The van der Waals surface area contributed by atoms with Gasteiger partial charge in [-0.15, -0.1) is 0 Å². The molecule has 1 atom stereocenters. The number of amides is 1. The molecule has 0 aliphatic rings. The van der Waals surface area contributed by atoms with Crippen LogP contribution in [0, 0.1) is 0 Å². The Kier molecular flexibility index (Phi) is 5.54. The van der Waals surface area contributed by atoms with E-state index in [2.05, 4.69) is 9.72 Å². The number of hydrogen-bond acceptors (Lipinski definition) is 5. The molecule has 0 saturated heterocycles. The summed E-state index contributed by atoms with van der Waals surface area (Å²) in [6, 6.07) is 1.03. The zero-order valence-corrected chi connectivity index (χ0v) is 12.1. The number of nitrogens with zero attached hydrogens (tertiary/aromatic N) is 1. The number of carbonyl (C=O) groups excluding carboxylic acids is 1. The van der Waals surface area contributed by atoms with E-state index < -0.39 is 39.7 Å². The van der Waals surface area contributed by atoms with Gasteiger partial charge in [0.2, 0.25) is 0 Å². The highest BCUT2D eigenvalue weighted by molar-refractivity contribution is 7.90. The maximum Gasteiger partial charge on any atom is 0.411 e. The van der Waals surface area contributed by atoms with Gasteiger partial charge >= 0.3 is 6.18 Å². The number of aromatic nitrogens is 1. The van der Waals surface area contributed by atoms with Gasteiger partial charge in [0.05, 0.1) is 5.02 Å². The lowest BCUT2D eigenvalue weighted by molar-refractivity contribution is -0.185. The predicted molar refractivity (Wildman–Crippen MR) is 66.0 cm³/mol. The average molecular weight is 347 g/mol. The minimum Gasteiger partial charge on any atom is -0.359 e. The molecule has 0 radical (unpaired) electrons.